The van der Waals surface area contributed by atoms with Crippen LogP contribution in [0.5, 0.6) is 0 Å². The smallest absolute Gasteiger partial charge is 0.302 e. The number of esters is 1. The fourth-order valence-corrected chi connectivity index (χ4v) is 1.25. The molecule has 1 N–H and O–H groups in total. The van der Waals surface area contributed by atoms with Crippen molar-refractivity contribution in [3.63, 3.8) is 0 Å². The first-order chi connectivity index (χ1) is 5.72. The lowest BCUT2D eigenvalue weighted by atomic mass is 10.2. The number of hydrogen-bond acceptors (Lipinski definition) is 4. The molecule has 0 radical (unpaired) electrons. The molecule has 4 nitrogen and oxygen atoms in total. The fourth-order valence-electron chi connectivity index (χ4n) is 1.25. The SMILES string of the molecule is CC(=O)OC[C@H]1CC[C@H](CO)O1. The number of ether oxygens (including phenoxy) is 2. The van der Waals surface area contributed by atoms with Gasteiger partial charge in [0.1, 0.15) is 6.61 Å². The summed E-state index contributed by atoms with van der Waals surface area (Å²) in [6, 6.07) is 0. The van der Waals surface area contributed by atoms with Crippen LogP contribution in [0.1, 0.15) is 19.8 Å². The average Bonchev–Trinajstić information content (AvgIpc) is 2.48. The van der Waals surface area contributed by atoms with E-state index in [0.717, 1.165) is 12.8 Å². The van der Waals surface area contributed by atoms with Gasteiger partial charge in [0.15, 0.2) is 0 Å². The summed E-state index contributed by atoms with van der Waals surface area (Å²) < 4.78 is 10.1. The van der Waals surface area contributed by atoms with Crippen LogP contribution >= 0.6 is 0 Å². The molecule has 1 aliphatic rings. The molecule has 1 aliphatic heterocycles. The van der Waals surface area contributed by atoms with E-state index in [0.29, 0.717) is 6.61 Å². The van der Waals surface area contributed by atoms with E-state index in [-0.39, 0.29) is 24.8 Å². The van der Waals surface area contributed by atoms with Crippen LogP contribution in [0.3, 0.4) is 0 Å². The Hall–Kier alpha value is -0.610. The van der Waals surface area contributed by atoms with Gasteiger partial charge in [0.25, 0.3) is 0 Å². The maximum Gasteiger partial charge on any atom is 0.302 e. The Kier molecular flexibility index (Phi) is 3.49. The lowest BCUT2D eigenvalue weighted by Gasteiger charge is -2.11. The third kappa shape index (κ3) is 2.79. The minimum atomic E-state index is -0.286. The van der Waals surface area contributed by atoms with Crippen LogP contribution in [-0.2, 0) is 14.3 Å². The van der Waals surface area contributed by atoms with Crippen molar-refractivity contribution < 1.29 is 19.4 Å². The highest BCUT2D eigenvalue weighted by Gasteiger charge is 2.24. The molecule has 0 spiro atoms. The summed E-state index contributed by atoms with van der Waals surface area (Å²) in [4.78, 5) is 10.4. The Morgan fingerprint density at radius 3 is 2.75 bits per heavy atom. The first kappa shape index (κ1) is 9.48. The molecule has 0 amide bonds. The molecule has 0 aromatic carbocycles. The molecule has 0 unspecified atom stereocenters. The molecule has 12 heavy (non-hydrogen) atoms. The van der Waals surface area contributed by atoms with Crippen molar-refractivity contribution >= 4 is 5.97 Å². The molecule has 4 heteroatoms. The second-order valence-electron chi connectivity index (χ2n) is 2.94. The Labute approximate surface area is 71.5 Å². The van der Waals surface area contributed by atoms with Crippen molar-refractivity contribution in [2.75, 3.05) is 13.2 Å². The number of aliphatic hydroxyl groups excluding tert-OH is 1. The molecule has 0 aromatic heterocycles. The molecule has 0 aliphatic carbocycles. The van der Waals surface area contributed by atoms with Crippen molar-refractivity contribution in [3.8, 4) is 0 Å². The summed E-state index contributed by atoms with van der Waals surface area (Å²) in [5, 5.41) is 8.73. The van der Waals surface area contributed by atoms with Crippen molar-refractivity contribution in [2.45, 2.75) is 32.0 Å². The maximum absolute atomic E-state index is 10.4. The number of hydrogen-bond donors (Lipinski definition) is 1. The molecule has 0 aromatic rings. The molecule has 1 heterocycles. The van der Waals surface area contributed by atoms with Crippen LogP contribution in [0.25, 0.3) is 0 Å². The molecule has 1 rings (SSSR count). The molecular formula is C8H14O4. The van der Waals surface area contributed by atoms with Gasteiger partial charge in [-0.3, -0.25) is 4.79 Å². The molecule has 0 saturated carbocycles. The second kappa shape index (κ2) is 4.42. The summed E-state index contributed by atoms with van der Waals surface area (Å²) in [6.45, 7) is 1.74. The third-order valence-corrected chi connectivity index (χ3v) is 1.87. The van der Waals surface area contributed by atoms with E-state index < -0.39 is 0 Å². The molecule has 1 saturated heterocycles. The van der Waals surface area contributed by atoms with Gasteiger partial charge in [-0.15, -0.1) is 0 Å². The van der Waals surface area contributed by atoms with Crippen LogP contribution in [0.15, 0.2) is 0 Å². The van der Waals surface area contributed by atoms with Gasteiger partial charge < -0.3 is 14.6 Å². The molecule has 0 bridgehead atoms. The first-order valence-corrected chi connectivity index (χ1v) is 4.12. The minimum absolute atomic E-state index is 0.0222. The largest absolute Gasteiger partial charge is 0.463 e. The second-order valence-corrected chi connectivity index (χ2v) is 2.94. The highest BCUT2D eigenvalue weighted by atomic mass is 16.6. The standard InChI is InChI=1S/C8H14O4/c1-6(10)11-5-8-3-2-7(4-9)12-8/h7-9H,2-5H2,1H3/t7-,8-/m1/s1. The van der Waals surface area contributed by atoms with E-state index >= 15 is 0 Å². The Morgan fingerprint density at radius 2 is 2.25 bits per heavy atom. The van der Waals surface area contributed by atoms with Crippen LogP contribution in [0.2, 0.25) is 0 Å². The highest BCUT2D eigenvalue weighted by Crippen LogP contribution is 2.19. The lowest BCUT2D eigenvalue weighted by molar-refractivity contribution is -0.145. The van der Waals surface area contributed by atoms with Crippen LogP contribution in [0, 0.1) is 0 Å². The average molecular weight is 174 g/mol. The van der Waals surface area contributed by atoms with Crippen molar-refractivity contribution in [1.29, 1.82) is 0 Å². The van der Waals surface area contributed by atoms with Gasteiger partial charge in [0.05, 0.1) is 18.8 Å². The van der Waals surface area contributed by atoms with Gasteiger partial charge in [-0.1, -0.05) is 0 Å². The maximum atomic E-state index is 10.4. The van der Waals surface area contributed by atoms with E-state index in [9.17, 15) is 4.79 Å². The van der Waals surface area contributed by atoms with E-state index in [1.807, 2.05) is 0 Å². The first-order valence-electron chi connectivity index (χ1n) is 4.12. The normalized spacial score (nSPS) is 28.8. The van der Waals surface area contributed by atoms with Crippen LogP contribution in [-0.4, -0.2) is 36.5 Å². The summed E-state index contributed by atoms with van der Waals surface area (Å²) >= 11 is 0. The van der Waals surface area contributed by atoms with Gasteiger partial charge in [-0.05, 0) is 12.8 Å². The zero-order valence-electron chi connectivity index (χ0n) is 7.16. The molecule has 70 valence electrons. The van der Waals surface area contributed by atoms with Crippen LogP contribution in [0.4, 0.5) is 0 Å². The van der Waals surface area contributed by atoms with Gasteiger partial charge in [0.2, 0.25) is 0 Å². The van der Waals surface area contributed by atoms with Gasteiger partial charge >= 0.3 is 5.97 Å². The van der Waals surface area contributed by atoms with Gasteiger partial charge in [-0.2, -0.15) is 0 Å². The number of aliphatic hydroxyl groups is 1. The summed E-state index contributed by atoms with van der Waals surface area (Å²) in [5.41, 5.74) is 0. The molecule has 1 fully saturated rings. The van der Waals surface area contributed by atoms with Crippen molar-refractivity contribution in [1.82, 2.24) is 0 Å². The fraction of sp³-hybridized carbons (Fsp3) is 0.875. The van der Waals surface area contributed by atoms with E-state index in [1.165, 1.54) is 6.92 Å². The zero-order chi connectivity index (χ0) is 8.97. The molecular weight excluding hydrogens is 160 g/mol. The predicted octanol–water partition coefficient (Wildman–Crippen LogP) is 0.0894. The third-order valence-electron chi connectivity index (χ3n) is 1.87. The number of carbonyl (C=O) groups is 1. The summed E-state index contributed by atoms with van der Waals surface area (Å²) in [7, 11) is 0. The Bertz CT molecular complexity index is 157. The summed E-state index contributed by atoms with van der Waals surface area (Å²) in [6.07, 6.45) is 1.62. The van der Waals surface area contributed by atoms with E-state index in [4.69, 9.17) is 14.6 Å². The zero-order valence-corrected chi connectivity index (χ0v) is 7.16. The Balaban J connectivity index is 2.15. The van der Waals surface area contributed by atoms with Crippen molar-refractivity contribution in [3.05, 3.63) is 0 Å². The molecule has 2 atom stereocenters. The van der Waals surface area contributed by atoms with Gasteiger partial charge in [0, 0.05) is 6.92 Å². The quantitative estimate of drug-likeness (QED) is 0.616. The summed E-state index contributed by atoms with van der Waals surface area (Å²) in [5.74, 6) is -0.286. The highest BCUT2D eigenvalue weighted by molar-refractivity contribution is 5.65. The Morgan fingerprint density at radius 1 is 1.58 bits per heavy atom. The topological polar surface area (TPSA) is 55.8 Å². The van der Waals surface area contributed by atoms with Crippen molar-refractivity contribution in [2.24, 2.45) is 0 Å². The minimum Gasteiger partial charge on any atom is -0.463 e. The van der Waals surface area contributed by atoms with E-state index in [2.05, 4.69) is 0 Å². The number of rotatable bonds is 3. The predicted molar refractivity (Wildman–Crippen MR) is 41.6 cm³/mol. The van der Waals surface area contributed by atoms with Crippen LogP contribution < -0.4 is 0 Å². The number of carbonyl (C=O) groups excluding carboxylic acids is 1. The van der Waals surface area contributed by atoms with Gasteiger partial charge in [-0.25, -0.2) is 0 Å². The van der Waals surface area contributed by atoms with E-state index in [1.54, 1.807) is 0 Å². The monoisotopic (exact) mass is 174 g/mol. The lowest BCUT2D eigenvalue weighted by Crippen LogP contribution is -2.20.